The van der Waals surface area contributed by atoms with Crippen LogP contribution in [0.25, 0.3) is 0 Å². The first-order valence-electron chi connectivity index (χ1n) is 5.16. The molecule has 0 saturated heterocycles. The van der Waals surface area contributed by atoms with Crippen LogP contribution < -0.4 is 5.32 Å². The van der Waals surface area contributed by atoms with Gasteiger partial charge in [0.1, 0.15) is 5.82 Å². The van der Waals surface area contributed by atoms with E-state index in [0.717, 1.165) is 0 Å². The van der Waals surface area contributed by atoms with Gasteiger partial charge in [0.15, 0.2) is 0 Å². The van der Waals surface area contributed by atoms with Crippen LogP contribution in [0.2, 0.25) is 0 Å². The molecule has 0 aliphatic heterocycles. The average Bonchev–Trinajstić information content (AvgIpc) is 2.33. The minimum Gasteiger partial charge on any atom is -0.382 e. The Labute approximate surface area is 100.0 Å². The second-order valence-electron chi connectivity index (χ2n) is 3.53. The van der Waals surface area contributed by atoms with Crippen molar-refractivity contribution in [2.45, 2.75) is 6.10 Å². The van der Waals surface area contributed by atoms with Crippen LogP contribution in [-0.4, -0.2) is 33.5 Å². The van der Waals surface area contributed by atoms with Crippen molar-refractivity contribution in [1.82, 2.24) is 0 Å². The maximum absolute atomic E-state index is 13.1. The van der Waals surface area contributed by atoms with Gasteiger partial charge in [-0.15, -0.1) is 0 Å². The molecule has 0 amide bonds. The Morgan fingerprint density at radius 2 is 2.18 bits per heavy atom. The fraction of sp³-hybridized carbons (Fsp3) is 0.417. The van der Waals surface area contributed by atoms with E-state index in [4.69, 9.17) is 14.7 Å². The van der Waals surface area contributed by atoms with E-state index in [1.165, 1.54) is 12.1 Å². The zero-order valence-corrected chi connectivity index (χ0v) is 9.87. The summed E-state index contributed by atoms with van der Waals surface area (Å²) in [5.41, 5.74) is 0.841. The van der Waals surface area contributed by atoms with Crippen molar-refractivity contribution in [3.05, 3.63) is 29.6 Å². The molecule has 1 aromatic carbocycles. The number of nitriles is 1. The van der Waals surface area contributed by atoms with Gasteiger partial charge in [0, 0.05) is 26.5 Å². The molecule has 0 bridgehead atoms. The first-order valence-corrected chi connectivity index (χ1v) is 5.16. The van der Waals surface area contributed by atoms with Gasteiger partial charge in [-0.25, -0.2) is 4.39 Å². The fourth-order valence-corrected chi connectivity index (χ4v) is 1.38. The maximum atomic E-state index is 13.1. The number of anilines is 1. The predicted molar refractivity (Wildman–Crippen MR) is 62.3 cm³/mol. The molecule has 5 heteroatoms. The maximum Gasteiger partial charge on any atom is 0.126 e. The Kier molecular flexibility index (Phi) is 5.40. The molecule has 0 spiro atoms. The van der Waals surface area contributed by atoms with E-state index >= 15 is 0 Å². The minimum absolute atomic E-state index is 0.117. The first-order chi connectivity index (χ1) is 8.19. The van der Waals surface area contributed by atoms with Crippen molar-refractivity contribution in [1.29, 1.82) is 5.26 Å². The summed E-state index contributed by atoms with van der Waals surface area (Å²) >= 11 is 0. The molecule has 0 saturated carbocycles. The second-order valence-corrected chi connectivity index (χ2v) is 3.53. The lowest BCUT2D eigenvalue weighted by Gasteiger charge is -2.15. The summed E-state index contributed by atoms with van der Waals surface area (Å²) in [5.74, 6) is -0.438. The summed E-state index contributed by atoms with van der Waals surface area (Å²) in [6, 6.07) is 6.01. The number of halogens is 1. The Bertz CT molecular complexity index is 404. The molecule has 0 fully saturated rings. The van der Waals surface area contributed by atoms with Gasteiger partial charge in [-0.05, 0) is 18.2 Å². The van der Waals surface area contributed by atoms with Crippen molar-refractivity contribution in [3.63, 3.8) is 0 Å². The van der Waals surface area contributed by atoms with E-state index in [0.29, 0.717) is 18.8 Å². The molecular weight excluding hydrogens is 223 g/mol. The van der Waals surface area contributed by atoms with Crippen LogP contribution in [0.4, 0.5) is 10.1 Å². The molecule has 1 atom stereocenters. The summed E-state index contributed by atoms with van der Waals surface area (Å²) in [4.78, 5) is 0. The number of hydrogen-bond donors (Lipinski definition) is 1. The summed E-state index contributed by atoms with van der Waals surface area (Å²) in [6.07, 6.45) is -0.117. The van der Waals surface area contributed by atoms with Crippen LogP contribution in [0.5, 0.6) is 0 Å². The molecule has 92 valence electrons. The fourth-order valence-electron chi connectivity index (χ4n) is 1.38. The lowest BCUT2D eigenvalue weighted by molar-refractivity contribution is 0.0365. The molecule has 1 rings (SSSR count). The highest BCUT2D eigenvalue weighted by Gasteiger charge is 2.07. The number of hydrogen-bond acceptors (Lipinski definition) is 4. The number of nitrogens with zero attached hydrogens (tertiary/aromatic N) is 1. The van der Waals surface area contributed by atoms with Gasteiger partial charge in [0.2, 0.25) is 0 Å². The van der Waals surface area contributed by atoms with Gasteiger partial charge < -0.3 is 14.8 Å². The zero-order chi connectivity index (χ0) is 12.7. The molecule has 0 aromatic heterocycles. The smallest absolute Gasteiger partial charge is 0.126 e. The third-order valence-electron chi connectivity index (χ3n) is 2.25. The van der Waals surface area contributed by atoms with Crippen LogP contribution in [0.15, 0.2) is 18.2 Å². The van der Waals surface area contributed by atoms with Crippen LogP contribution >= 0.6 is 0 Å². The number of methoxy groups -OCH3 is 2. The van der Waals surface area contributed by atoms with Crippen molar-refractivity contribution in [2.75, 3.05) is 32.7 Å². The van der Waals surface area contributed by atoms with Crippen LogP contribution in [0, 0.1) is 17.1 Å². The quantitative estimate of drug-likeness (QED) is 0.820. The normalized spacial score (nSPS) is 11.9. The SMILES string of the molecule is COCC(CNc1cc(F)cc(C#N)c1)OC. The molecule has 1 N–H and O–H groups in total. The largest absolute Gasteiger partial charge is 0.382 e. The van der Waals surface area contributed by atoms with Crippen LogP contribution in [-0.2, 0) is 9.47 Å². The molecular formula is C12H15FN2O2. The van der Waals surface area contributed by atoms with Crippen LogP contribution in [0.1, 0.15) is 5.56 Å². The number of benzene rings is 1. The topological polar surface area (TPSA) is 54.3 Å². The number of rotatable bonds is 6. The van der Waals surface area contributed by atoms with E-state index in [-0.39, 0.29) is 11.7 Å². The van der Waals surface area contributed by atoms with E-state index in [2.05, 4.69) is 5.32 Å². The third kappa shape index (κ3) is 4.39. The molecule has 1 unspecified atom stereocenters. The van der Waals surface area contributed by atoms with E-state index in [1.54, 1.807) is 20.3 Å². The Morgan fingerprint density at radius 1 is 1.41 bits per heavy atom. The van der Waals surface area contributed by atoms with Crippen molar-refractivity contribution >= 4 is 5.69 Å². The molecule has 0 aliphatic rings. The number of nitrogens with one attached hydrogen (secondary N) is 1. The summed E-state index contributed by atoms with van der Waals surface area (Å²) in [5, 5.41) is 11.7. The first kappa shape index (κ1) is 13.4. The van der Waals surface area contributed by atoms with Gasteiger partial charge in [0.25, 0.3) is 0 Å². The highest BCUT2D eigenvalue weighted by Crippen LogP contribution is 2.13. The Morgan fingerprint density at radius 3 is 2.76 bits per heavy atom. The summed E-state index contributed by atoms with van der Waals surface area (Å²) in [7, 11) is 3.17. The van der Waals surface area contributed by atoms with Crippen molar-refractivity contribution in [2.24, 2.45) is 0 Å². The summed E-state index contributed by atoms with van der Waals surface area (Å²) in [6.45, 7) is 0.933. The van der Waals surface area contributed by atoms with Gasteiger partial charge in [-0.3, -0.25) is 0 Å². The lowest BCUT2D eigenvalue weighted by atomic mass is 10.2. The molecule has 0 radical (unpaired) electrons. The second kappa shape index (κ2) is 6.84. The molecule has 0 heterocycles. The van der Waals surface area contributed by atoms with Crippen LogP contribution in [0.3, 0.4) is 0 Å². The highest BCUT2D eigenvalue weighted by atomic mass is 19.1. The van der Waals surface area contributed by atoms with Gasteiger partial charge in [-0.1, -0.05) is 0 Å². The minimum atomic E-state index is -0.438. The Hall–Kier alpha value is -1.64. The van der Waals surface area contributed by atoms with Gasteiger partial charge in [0.05, 0.1) is 24.3 Å². The molecule has 0 aliphatic carbocycles. The van der Waals surface area contributed by atoms with Crippen molar-refractivity contribution in [3.8, 4) is 6.07 Å². The van der Waals surface area contributed by atoms with E-state index in [1.807, 2.05) is 6.07 Å². The van der Waals surface area contributed by atoms with Crippen molar-refractivity contribution < 1.29 is 13.9 Å². The Balaban J connectivity index is 2.62. The monoisotopic (exact) mass is 238 g/mol. The highest BCUT2D eigenvalue weighted by molar-refractivity contribution is 5.49. The predicted octanol–water partition coefficient (Wildman–Crippen LogP) is 1.77. The zero-order valence-electron chi connectivity index (χ0n) is 9.87. The average molecular weight is 238 g/mol. The van der Waals surface area contributed by atoms with Gasteiger partial charge in [-0.2, -0.15) is 5.26 Å². The summed E-state index contributed by atoms with van der Waals surface area (Å²) < 4.78 is 23.2. The third-order valence-corrected chi connectivity index (χ3v) is 2.25. The van der Waals surface area contributed by atoms with E-state index in [9.17, 15) is 4.39 Å². The standard InChI is InChI=1S/C12H15FN2O2/c1-16-8-12(17-2)7-15-11-4-9(6-14)3-10(13)5-11/h3-5,12,15H,7-8H2,1-2H3. The van der Waals surface area contributed by atoms with Gasteiger partial charge >= 0.3 is 0 Å². The van der Waals surface area contributed by atoms with E-state index < -0.39 is 5.82 Å². The lowest BCUT2D eigenvalue weighted by Crippen LogP contribution is -2.26. The molecule has 4 nitrogen and oxygen atoms in total. The molecule has 17 heavy (non-hydrogen) atoms. The number of ether oxygens (including phenoxy) is 2. The molecule has 1 aromatic rings.